The molecule has 0 amide bonds. The van der Waals surface area contributed by atoms with Crippen LogP contribution in [0.4, 0.5) is 0 Å². The molecule has 1 saturated heterocycles. The molecule has 17 heavy (non-hydrogen) atoms. The zero-order valence-electron chi connectivity index (χ0n) is 10.4. The first-order valence-corrected chi connectivity index (χ1v) is 6.21. The largest absolute Gasteiger partial charge is 0.388 e. The Hall–Kier alpha value is -0.900. The predicted molar refractivity (Wildman–Crippen MR) is 67.7 cm³/mol. The second-order valence-corrected chi connectivity index (χ2v) is 4.94. The first-order chi connectivity index (χ1) is 8.19. The van der Waals surface area contributed by atoms with Crippen molar-refractivity contribution in [3.05, 3.63) is 35.4 Å². The van der Waals surface area contributed by atoms with E-state index in [1.165, 1.54) is 0 Å². The van der Waals surface area contributed by atoms with Gasteiger partial charge in [0, 0.05) is 25.2 Å². The lowest BCUT2D eigenvalue weighted by Gasteiger charge is -2.40. The second-order valence-electron chi connectivity index (χ2n) is 4.94. The van der Waals surface area contributed by atoms with Gasteiger partial charge in [-0.25, -0.2) is 0 Å². The van der Waals surface area contributed by atoms with Crippen molar-refractivity contribution in [1.82, 2.24) is 0 Å². The summed E-state index contributed by atoms with van der Waals surface area (Å²) in [6.07, 6.45) is 1.18. The third-order valence-electron chi connectivity index (χ3n) is 3.96. The normalized spacial score (nSPS) is 21.1. The summed E-state index contributed by atoms with van der Waals surface area (Å²) in [5.74, 6) is 0. The molecule has 3 heteroatoms. The summed E-state index contributed by atoms with van der Waals surface area (Å²) in [4.78, 5) is 0. The molecule has 2 rings (SSSR count). The first kappa shape index (κ1) is 12.6. The van der Waals surface area contributed by atoms with Crippen LogP contribution in [-0.2, 0) is 4.74 Å². The van der Waals surface area contributed by atoms with Crippen molar-refractivity contribution in [1.29, 1.82) is 0 Å². The van der Waals surface area contributed by atoms with Crippen LogP contribution in [0, 0.1) is 12.3 Å². The SMILES string of the molecule is Cc1ccccc1[C@@H](O)C1(CN)CCOCC1. The summed E-state index contributed by atoms with van der Waals surface area (Å²) in [5.41, 5.74) is 7.82. The Morgan fingerprint density at radius 3 is 2.59 bits per heavy atom. The van der Waals surface area contributed by atoms with E-state index in [-0.39, 0.29) is 5.41 Å². The van der Waals surface area contributed by atoms with E-state index >= 15 is 0 Å². The fourth-order valence-electron chi connectivity index (χ4n) is 2.59. The Balaban J connectivity index is 2.28. The molecule has 94 valence electrons. The Morgan fingerprint density at radius 2 is 2.00 bits per heavy atom. The lowest BCUT2D eigenvalue weighted by atomic mass is 9.72. The Labute approximate surface area is 103 Å². The van der Waals surface area contributed by atoms with Crippen LogP contribution < -0.4 is 5.73 Å². The quantitative estimate of drug-likeness (QED) is 0.839. The van der Waals surface area contributed by atoms with Crippen LogP contribution in [0.5, 0.6) is 0 Å². The molecule has 1 heterocycles. The molecule has 0 saturated carbocycles. The van der Waals surface area contributed by atoms with Gasteiger partial charge in [0.2, 0.25) is 0 Å². The summed E-state index contributed by atoms with van der Waals surface area (Å²) >= 11 is 0. The number of ether oxygens (including phenoxy) is 1. The van der Waals surface area contributed by atoms with E-state index in [1.54, 1.807) is 0 Å². The number of aliphatic hydroxyl groups is 1. The molecule has 1 aromatic rings. The Kier molecular flexibility index (Phi) is 3.82. The molecule has 1 aliphatic heterocycles. The standard InChI is InChI=1S/C14H21NO2/c1-11-4-2-3-5-12(11)13(16)14(10-15)6-8-17-9-7-14/h2-5,13,16H,6-10,15H2,1H3/t13-/m1/s1. The van der Waals surface area contributed by atoms with Crippen LogP contribution in [0.2, 0.25) is 0 Å². The molecule has 0 spiro atoms. The van der Waals surface area contributed by atoms with Gasteiger partial charge in [-0.05, 0) is 30.9 Å². The molecular formula is C14H21NO2. The molecule has 0 unspecified atom stereocenters. The maximum Gasteiger partial charge on any atom is 0.0862 e. The number of nitrogens with two attached hydrogens (primary N) is 1. The van der Waals surface area contributed by atoms with E-state index in [4.69, 9.17) is 10.5 Å². The fraction of sp³-hybridized carbons (Fsp3) is 0.571. The average molecular weight is 235 g/mol. The van der Waals surface area contributed by atoms with Gasteiger partial charge in [0.1, 0.15) is 0 Å². The molecule has 1 fully saturated rings. The first-order valence-electron chi connectivity index (χ1n) is 6.21. The van der Waals surface area contributed by atoms with Gasteiger partial charge in [0.05, 0.1) is 6.10 Å². The monoisotopic (exact) mass is 235 g/mol. The van der Waals surface area contributed by atoms with Gasteiger partial charge in [0.15, 0.2) is 0 Å². The van der Waals surface area contributed by atoms with Gasteiger partial charge < -0.3 is 15.6 Å². The number of hydrogen-bond acceptors (Lipinski definition) is 3. The number of hydrogen-bond donors (Lipinski definition) is 2. The minimum Gasteiger partial charge on any atom is -0.388 e. The molecule has 1 aromatic carbocycles. The maximum absolute atomic E-state index is 10.6. The van der Waals surface area contributed by atoms with E-state index in [0.29, 0.717) is 19.8 Å². The van der Waals surface area contributed by atoms with E-state index in [2.05, 4.69) is 0 Å². The van der Waals surface area contributed by atoms with Crippen molar-refractivity contribution in [2.24, 2.45) is 11.1 Å². The molecule has 0 radical (unpaired) electrons. The molecule has 1 atom stereocenters. The van der Waals surface area contributed by atoms with Crippen LogP contribution >= 0.6 is 0 Å². The Morgan fingerprint density at radius 1 is 1.35 bits per heavy atom. The van der Waals surface area contributed by atoms with Crippen molar-refractivity contribution in [2.75, 3.05) is 19.8 Å². The highest BCUT2D eigenvalue weighted by atomic mass is 16.5. The topological polar surface area (TPSA) is 55.5 Å². The minimum absolute atomic E-state index is 0.218. The van der Waals surface area contributed by atoms with Crippen LogP contribution in [0.15, 0.2) is 24.3 Å². The number of aryl methyl sites for hydroxylation is 1. The fourth-order valence-corrected chi connectivity index (χ4v) is 2.59. The van der Waals surface area contributed by atoms with E-state index in [9.17, 15) is 5.11 Å². The van der Waals surface area contributed by atoms with Gasteiger partial charge in [-0.3, -0.25) is 0 Å². The molecule has 0 aliphatic carbocycles. The van der Waals surface area contributed by atoms with Crippen molar-refractivity contribution in [3.63, 3.8) is 0 Å². The van der Waals surface area contributed by atoms with Crippen LogP contribution in [0.3, 0.4) is 0 Å². The van der Waals surface area contributed by atoms with Crippen LogP contribution in [0.25, 0.3) is 0 Å². The molecule has 0 bridgehead atoms. The summed E-state index contributed by atoms with van der Waals surface area (Å²) in [6, 6.07) is 7.98. The summed E-state index contributed by atoms with van der Waals surface area (Å²) in [6.45, 7) is 3.92. The van der Waals surface area contributed by atoms with Gasteiger partial charge in [-0.1, -0.05) is 24.3 Å². The lowest BCUT2D eigenvalue weighted by Crippen LogP contribution is -2.41. The highest BCUT2D eigenvalue weighted by molar-refractivity contribution is 5.29. The summed E-state index contributed by atoms with van der Waals surface area (Å²) < 4.78 is 5.38. The number of aliphatic hydroxyl groups excluding tert-OH is 1. The van der Waals surface area contributed by atoms with Crippen molar-refractivity contribution >= 4 is 0 Å². The molecule has 1 aliphatic rings. The molecular weight excluding hydrogens is 214 g/mol. The van der Waals surface area contributed by atoms with Crippen molar-refractivity contribution in [2.45, 2.75) is 25.9 Å². The van der Waals surface area contributed by atoms with Crippen molar-refractivity contribution in [3.8, 4) is 0 Å². The highest BCUT2D eigenvalue weighted by Crippen LogP contribution is 2.42. The van der Waals surface area contributed by atoms with Crippen LogP contribution in [0.1, 0.15) is 30.1 Å². The zero-order chi connectivity index (χ0) is 12.3. The van der Waals surface area contributed by atoms with E-state index in [1.807, 2.05) is 31.2 Å². The smallest absolute Gasteiger partial charge is 0.0862 e. The molecule has 0 aromatic heterocycles. The zero-order valence-corrected chi connectivity index (χ0v) is 10.4. The van der Waals surface area contributed by atoms with E-state index in [0.717, 1.165) is 24.0 Å². The van der Waals surface area contributed by atoms with Crippen molar-refractivity contribution < 1.29 is 9.84 Å². The van der Waals surface area contributed by atoms with Gasteiger partial charge in [-0.15, -0.1) is 0 Å². The highest BCUT2D eigenvalue weighted by Gasteiger charge is 2.39. The Bertz CT molecular complexity index is 372. The minimum atomic E-state index is -0.488. The van der Waals surface area contributed by atoms with Crippen LogP contribution in [-0.4, -0.2) is 24.9 Å². The molecule has 3 nitrogen and oxygen atoms in total. The number of benzene rings is 1. The van der Waals surface area contributed by atoms with Gasteiger partial charge in [0.25, 0.3) is 0 Å². The summed E-state index contributed by atoms with van der Waals surface area (Å²) in [7, 11) is 0. The molecule has 3 N–H and O–H groups in total. The van der Waals surface area contributed by atoms with Gasteiger partial charge in [-0.2, -0.15) is 0 Å². The maximum atomic E-state index is 10.6. The lowest BCUT2D eigenvalue weighted by molar-refractivity contribution is -0.0583. The second kappa shape index (κ2) is 5.17. The number of rotatable bonds is 3. The third kappa shape index (κ3) is 2.37. The van der Waals surface area contributed by atoms with E-state index < -0.39 is 6.10 Å². The predicted octanol–water partition coefficient (Wildman–Crippen LogP) is 1.78. The summed E-state index contributed by atoms with van der Waals surface area (Å²) in [5, 5.41) is 10.6. The van der Waals surface area contributed by atoms with Gasteiger partial charge >= 0.3 is 0 Å². The third-order valence-corrected chi connectivity index (χ3v) is 3.96. The average Bonchev–Trinajstić information content (AvgIpc) is 2.39.